The second-order valence-electron chi connectivity index (χ2n) is 7.59. The predicted octanol–water partition coefficient (Wildman–Crippen LogP) is 3.03. The number of hydrogen-bond donors (Lipinski definition) is 3. The van der Waals surface area contributed by atoms with Crippen molar-refractivity contribution in [2.24, 2.45) is 11.3 Å². The number of nitrogens with one attached hydrogen (secondary N) is 3. The number of carbonyl (C=O) groups is 2. The Morgan fingerprint density at radius 1 is 1.00 bits per heavy atom. The molecule has 1 spiro atoms. The fraction of sp³-hybridized carbons (Fsp3) is 0.364. The van der Waals surface area contributed by atoms with Gasteiger partial charge in [0.15, 0.2) is 6.61 Å². The van der Waals surface area contributed by atoms with Gasteiger partial charge < -0.3 is 20.7 Å². The molecule has 2 fully saturated rings. The van der Waals surface area contributed by atoms with Gasteiger partial charge in [0.25, 0.3) is 5.91 Å². The molecular weight excluding hydrogens is 354 g/mol. The van der Waals surface area contributed by atoms with Crippen LogP contribution in [0.1, 0.15) is 19.3 Å². The van der Waals surface area contributed by atoms with Gasteiger partial charge in [0, 0.05) is 23.4 Å². The van der Waals surface area contributed by atoms with Crippen LogP contribution in [0.3, 0.4) is 0 Å². The molecule has 28 heavy (non-hydrogen) atoms. The first kappa shape index (κ1) is 18.5. The Kier molecular flexibility index (Phi) is 5.30. The van der Waals surface area contributed by atoms with Crippen LogP contribution >= 0.6 is 0 Å². The summed E-state index contributed by atoms with van der Waals surface area (Å²) in [5.41, 5.74) is 1.63. The van der Waals surface area contributed by atoms with Crippen molar-refractivity contribution >= 4 is 23.2 Å². The third-order valence-corrected chi connectivity index (χ3v) is 5.63. The second-order valence-corrected chi connectivity index (χ2v) is 7.59. The van der Waals surface area contributed by atoms with Gasteiger partial charge in [0.2, 0.25) is 5.91 Å². The summed E-state index contributed by atoms with van der Waals surface area (Å²) in [5.74, 6) is 0.511. The minimum Gasteiger partial charge on any atom is -0.484 e. The van der Waals surface area contributed by atoms with Crippen LogP contribution in [0.2, 0.25) is 0 Å². The molecule has 1 atom stereocenters. The van der Waals surface area contributed by atoms with Gasteiger partial charge in [0.1, 0.15) is 5.75 Å². The standard InChI is InChI=1S/C22H25N3O3/c26-20(24-16-5-2-1-3-6-16)15-28-18-8-4-7-17(13-18)25-21(27)19-14-22(19)9-11-23-12-10-22/h1-8,13,19,23H,9-12,14-15H2,(H,24,26)(H,25,27). The highest BCUT2D eigenvalue weighted by Gasteiger charge is 2.57. The molecule has 1 aliphatic heterocycles. The zero-order valence-electron chi connectivity index (χ0n) is 15.7. The van der Waals surface area contributed by atoms with Gasteiger partial charge in [0.05, 0.1) is 0 Å². The lowest BCUT2D eigenvalue weighted by atomic mass is 9.92. The SMILES string of the molecule is O=C(COc1cccc(NC(=O)C2CC23CCNCC3)c1)Nc1ccccc1. The second kappa shape index (κ2) is 8.02. The molecule has 4 rings (SSSR count). The van der Waals surface area contributed by atoms with Crippen molar-refractivity contribution in [3.05, 3.63) is 54.6 Å². The number of carbonyl (C=O) groups excluding carboxylic acids is 2. The molecule has 0 aromatic heterocycles. The average molecular weight is 379 g/mol. The molecule has 0 radical (unpaired) electrons. The fourth-order valence-corrected chi connectivity index (χ4v) is 3.96. The molecule has 2 aliphatic rings. The Bertz CT molecular complexity index is 847. The molecule has 1 saturated carbocycles. The summed E-state index contributed by atoms with van der Waals surface area (Å²) >= 11 is 0. The van der Waals surface area contributed by atoms with Crippen LogP contribution in [0.25, 0.3) is 0 Å². The lowest BCUT2D eigenvalue weighted by Gasteiger charge is -2.23. The van der Waals surface area contributed by atoms with Crippen molar-refractivity contribution in [3.8, 4) is 5.75 Å². The van der Waals surface area contributed by atoms with Crippen LogP contribution in [-0.2, 0) is 9.59 Å². The normalized spacial score (nSPS) is 19.6. The molecule has 146 valence electrons. The molecule has 1 heterocycles. The number of para-hydroxylation sites is 1. The van der Waals surface area contributed by atoms with Crippen LogP contribution < -0.4 is 20.7 Å². The minimum absolute atomic E-state index is 0.0841. The van der Waals surface area contributed by atoms with E-state index in [1.54, 1.807) is 12.1 Å². The molecule has 3 N–H and O–H groups in total. The molecule has 2 aromatic rings. The molecule has 1 saturated heterocycles. The Morgan fingerprint density at radius 2 is 1.75 bits per heavy atom. The smallest absolute Gasteiger partial charge is 0.262 e. The van der Waals surface area contributed by atoms with Crippen LogP contribution in [0, 0.1) is 11.3 Å². The number of rotatable bonds is 6. The summed E-state index contributed by atoms with van der Waals surface area (Å²) in [6.45, 7) is 1.90. The van der Waals surface area contributed by atoms with Gasteiger partial charge >= 0.3 is 0 Å². The van der Waals surface area contributed by atoms with E-state index in [9.17, 15) is 9.59 Å². The van der Waals surface area contributed by atoms with Crippen molar-refractivity contribution < 1.29 is 14.3 Å². The van der Waals surface area contributed by atoms with Crippen molar-refractivity contribution in [2.45, 2.75) is 19.3 Å². The molecule has 0 bridgehead atoms. The molecular formula is C22H25N3O3. The van der Waals surface area contributed by atoms with Gasteiger partial charge in [-0.3, -0.25) is 9.59 Å². The lowest BCUT2D eigenvalue weighted by Crippen LogP contribution is -2.31. The number of anilines is 2. The van der Waals surface area contributed by atoms with E-state index in [1.165, 1.54) is 0 Å². The first-order valence-electron chi connectivity index (χ1n) is 9.74. The Balaban J connectivity index is 1.28. The average Bonchev–Trinajstić information content (AvgIpc) is 3.41. The third kappa shape index (κ3) is 4.34. The predicted molar refractivity (Wildman–Crippen MR) is 108 cm³/mol. The van der Waals surface area contributed by atoms with Gasteiger partial charge in [-0.05, 0) is 62.0 Å². The summed E-state index contributed by atoms with van der Waals surface area (Å²) in [6.07, 6.45) is 3.13. The van der Waals surface area contributed by atoms with E-state index in [0.717, 1.165) is 38.0 Å². The van der Waals surface area contributed by atoms with Gasteiger partial charge in [-0.2, -0.15) is 0 Å². The van der Waals surface area contributed by atoms with Gasteiger partial charge in [-0.15, -0.1) is 0 Å². The fourth-order valence-electron chi connectivity index (χ4n) is 3.96. The van der Waals surface area contributed by atoms with E-state index in [1.807, 2.05) is 42.5 Å². The molecule has 2 amide bonds. The van der Waals surface area contributed by atoms with Crippen molar-refractivity contribution in [3.63, 3.8) is 0 Å². The van der Waals surface area contributed by atoms with E-state index < -0.39 is 0 Å². The van der Waals surface area contributed by atoms with Crippen molar-refractivity contribution in [1.29, 1.82) is 0 Å². The van der Waals surface area contributed by atoms with Gasteiger partial charge in [-0.1, -0.05) is 24.3 Å². The highest BCUT2D eigenvalue weighted by atomic mass is 16.5. The molecule has 1 aliphatic carbocycles. The zero-order chi connectivity index (χ0) is 19.4. The maximum Gasteiger partial charge on any atom is 0.262 e. The van der Waals surface area contributed by atoms with E-state index in [4.69, 9.17) is 4.74 Å². The Hall–Kier alpha value is -2.86. The van der Waals surface area contributed by atoms with Gasteiger partial charge in [-0.25, -0.2) is 0 Å². The summed E-state index contributed by atoms with van der Waals surface area (Å²) < 4.78 is 5.58. The monoisotopic (exact) mass is 379 g/mol. The maximum atomic E-state index is 12.6. The van der Waals surface area contributed by atoms with Crippen LogP contribution in [0.5, 0.6) is 5.75 Å². The summed E-state index contributed by atoms with van der Waals surface area (Å²) in [7, 11) is 0. The van der Waals surface area contributed by atoms with E-state index >= 15 is 0 Å². The number of benzene rings is 2. The molecule has 2 aromatic carbocycles. The quantitative estimate of drug-likeness (QED) is 0.721. The first-order valence-corrected chi connectivity index (χ1v) is 9.74. The highest BCUT2D eigenvalue weighted by molar-refractivity contribution is 5.95. The summed E-state index contributed by atoms with van der Waals surface area (Å²) in [6, 6.07) is 16.4. The van der Waals surface area contributed by atoms with Crippen molar-refractivity contribution in [1.82, 2.24) is 5.32 Å². The molecule has 6 nitrogen and oxygen atoms in total. The number of ether oxygens (including phenoxy) is 1. The lowest BCUT2D eigenvalue weighted by molar-refractivity contribution is -0.119. The van der Waals surface area contributed by atoms with Crippen LogP contribution in [-0.4, -0.2) is 31.5 Å². The minimum atomic E-state index is -0.230. The third-order valence-electron chi connectivity index (χ3n) is 5.63. The largest absolute Gasteiger partial charge is 0.484 e. The number of hydrogen-bond acceptors (Lipinski definition) is 4. The van der Waals surface area contributed by atoms with E-state index in [0.29, 0.717) is 11.4 Å². The number of piperidine rings is 1. The maximum absolute atomic E-state index is 12.6. The topological polar surface area (TPSA) is 79.5 Å². The van der Waals surface area contributed by atoms with Crippen LogP contribution in [0.15, 0.2) is 54.6 Å². The number of amides is 2. The first-order chi connectivity index (χ1) is 13.6. The van der Waals surface area contributed by atoms with E-state index in [2.05, 4.69) is 16.0 Å². The Morgan fingerprint density at radius 3 is 2.54 bits per heavy atom. The summed E-state index contributed by atoms with van der Waals surface area (Å²) in [4.78, 5) is 24.6. The molecule has 1 unspecified atom stereocenters. The van der Waals surface area contributed by atoms with Crippen LogP contribution in [0.4, 0.5) is 11.4 Å². The molecule has 6 heteroatoms. The highest BCUT2D eigenvalue weighted by Crippen LogP contribution is 2.58. The van der Waals surface area contributed by atoms with E-state index in [-0.39, 0.29) is 29.8 Å². The van der Waals surface area contributed by atoms with Crippen molar-refractivity contribution in [2.75, 3.05) is 30.3 Å². The summed E-state index contributed by atoms with van der Waals surface area (Å²) in [5, 5.41) is 9.13. The zero-order valence-corrected chi connectivity index (χ0v) is 15.7. The Labute approximate surface area is 164 Å².